The molecule has 6 heterocycles. The standard InChI is InChI=1S/C28H31N7O3/c1-17-8-24(25(14-29-17)38-23-10-20-15-37-16-21(11-23)31-20)18-6-7-35-22(9-18)12-27(33-35)32-26-5-4-19(13-30-26)28(36)34(2)3/h4-9,12-14,20-21,23,31H,10-11,15-16H2,1-3H3,(H,30,32,33). The van der Waals surface area contributed by atoms with E-state index >= 15 is 0 Å². The molecule has 4 aromatic rings. The lowest BCUT2D eigenvalue weighted by molar-refractivity contribution is -0.0122. The second-order valence-electron chi connectivity index (χ2n) is 10.2. The molecular formula is C28H31N7O3. The first-order valence-electron chi connectivity index (χ1n) is 12.8. The molecule has 0 spiro atoms. The summed E-state index contributed by atoms with van der Waals surface area (Å²) in [6.07, 6.45) is 7.29. The molecule has 0 aromatic carbocycles. The minimum Gasteiger partial charge on any atom is -0.488 e. The Morgan fingerprint density at radius 1 is 1.08 bits per heavy atom. The second kappa shape index (κ2) is 10.0. The van der Waals surface area contributed by atoms with Crippen molar-refractivity contribution in [3.63, 3.8) is 0 Å². The zero-order chi connectivity index (χ0) is 26.2. The molecule has 0 radical (unpaired) electrons. The first kappa shape index (κ1) is 24.3. The molecular weight excluding hydrogens is 482 g/mol. The molecule has 2 N–H and O–H groups in total. The van der Waals surface area contributed by atoms with E-state index in [-0.39, 0.29) is 12.0 Å². The van der Waals surface area contributed by atoms with Gasteiger partial charge in [-0.2, -0.15) is 5.10 Å². The van der Waals surface area contributed by atoms with Crippen molar-refractivity contribution in [1.29, 1.82) is 0 Å². The van der Waals surface area contributed by atoms with E-state index in [9.17, 15) is 4.79 Å². The Balaban J connectivity index is 1.23. The van der Waals surface area contributed by atoms with Crippen LogP contribution in [0.25, 0.3) is 16.6 Å². The van der Waals surface area contributed by atoms with Crippen LogP contribution in [-0.4, -0.2) is 75.9 Å². The number of aromatic nitrogens is 4. The van der Waals surface area contributed by atoms with Crippen LogP contribution in [0.1, 0.15) is 28.9 Å². The average molecular weight is 514 g/mol. The van der Waals surface area contributed by atoms with Gasteiger partial charge in [0.15, 0.2) is 5.82 Å². The largest absolute Gasteiger partial charge is 0.488 e. The molecule has 2 aliphatic rings. The normalized spacial score (nSPS) is 20.8. The van der Waals surface area contributed by atoms with Crippen LogP contribution in [0.3, 0.4) is 0 Å². The van der Waals surface area contributed by atoms with Gasteiger partial charge in [0, 0.05) is 68.7 Å². The Morgan fingerprint density at radius 3 is 2.63 bits per heavy atom. The number of aryl methyl sites for hydroxylation is 1. The minimum absolute atomic E-state index is 0.0870. The lowest BCUT2D eigenvalue weighted by atomic mass is 9.94. The lowest BCUT2D eigenvalue weighted by Gasteiger charge is -2.40. The van der Waals surface area contributed by atoms with E-state index in [0.29, 0.717) is 29.3 Å². The van der Waals surface area contributed by atoms with Gasteiger partial charge >= 0.3 is 0 Å². The van der Waals surface area contributed by atoms with Crippen molar-refractivity contribution in [2.75, 3.05) is 32.6 Å². The quantitative estimate of drug-likeness (QED) is 0.404. The minimum atomic E-state index is -0.0870. The number of carbonyl (C=O) groups excluding carboxylic acids is 1. The van der Waals surface area contributed by atoms with E-state index in [1.165, 1.54) is 4.90 Å². The SMILES string of the molecule is Cc1cc(-c2ccn3nc(Nc4ccc(C(=O)N(C)C)cn4)cc3c2)c(OC2CC3COCC(C2)N3)cn1. The number of hydrogen-bond donors (Lipinski definition) is 2. The first-order valence-corrected chi connectivity index (χ1v) is 12.8. The molecule has 4 aromatic heterocycles. The van der Waals surface area contributed by atoms with Gasteiger partial charge in [-0.15, -0.1) is 0 Å². The van der Waals surface area contributed by atoms with Gasteiger partial charge < -0.3 is 25.0 Å². The van der Waals surface area contributed by atoms with Gasteiger partial charge in [0.25, 0.3) is 5.91 Å². The van der Waals surface area contributed by atoms with E-state index in [2.05, 4.69) is 37.8 Å². The summed E-state index contributed by atoms with van der Waals surface area (Å²) < 4.78 is 14.0. The molecule has 2 unspecified atom stereocenters. The number of ether oxygens (including phenoxy) is 2. The topological polar surface area (TPSA) is 106 Å². The predicted octanol–water partition coefficient (Wildman–Crippen LogP) is 3.44. The molecule has 196 valence electrons. The predicted molar refractivity (Wildman–Crippen MR) is 144 cm³/mol. The Hall–Kier alpha value is -4.02. The molecule has 2 fully saturated rings. The van der Waals surface area contributed by atoms with Gasteiger partial charge in [0.1, 0.15) is 17.7 Å². The van der Waals surface area contributed by atoms with Crippen LogP contribution in [-0.2, 0) is 4.74 Å². The van der Waals surface area contributed by atoms with Gasteiger partial charge in [0.2, 0.25) is 0 Å². The number of nitrogens with zero attached hydrogens (tertiary/aromatic N) is 5. The molecule has 2 atom stereocenters. The maximum absolute atomic E-state index is 12.1. The van der Waals surface area contributed by atoms with Gasteiger partial charge in [0.05, 0.1) is 30.5 Å². The number of pyridine rings is 3. The molecule has 0 aliphatic carbocycles. The molecule has 10 nitrogen and oxygen atoms in total. The number of hydrogen-bond acceptors (Lipinski definition) is 8. The Morgan fingerprint density at radius 2 is 1.89 bits per heavy atom. The summed E-state index contributed by atoms with van der Waals surface area (Å²) >= 11 is 0. The molecule has 2 saturated heterocycles. The van der Waals surface area contributed by atoms with Crippen LogP contribution in [0.15, 0.2) is 55.0 Å². The van der Waals surface area contributed by atoms with Crippen LogP contribution in [0.4, 0.5) is 11.6 Å². The number of carbonyl (C=O) groups is 1. The number of anilines is 2. The number of fused-ring (bicyclic) bond motifs is 3. The highest BCUT2D eigenvalue weighted by atomic mass is 16.5. The van der Waals surface area contributed by atoms with Crippen LogP contribution < -0.4 is 15.4 Å². The van der Waals surface area contributed by atoms with Gasteiger partial charge in [-0.25, -0.2) is 9.50 Å². The number of rotatable bonds is 6. The molecule has 2 bridgehead atoms. The van der Waals surface area contributed by atoms with Crippen LogP contribution in [0, 0.1) is 6.92 Å². The monoisotopic (exact) mass is 513 g/mol. The van der Waals surface area contributed by atoms with Gasteiger partial charge in [-0.3, -0.25) is 9.78 Å². The zero-order valence-corrected chi connectivity index (χ0v) is 21.7. The third-order valence-electron chi connectivity index (χ3n) is 6.95. The number of nitrogens with one attached hydrogen (secondary N) is 2. The number of morpholine rings is 1. The first-order chi connectivity index (χ1) is 18.4. The van der Waals surface area contributed by atoms with Gasteiger partial charge in [-0.1, -0.05) is 0 Å². The van der Waals surface area contributed by atoms with Crippen molar-refractivity contribution in [1.82, 2.24) is 29.8 Å². The van der Waals surface area contributed by atoms with Crippen molar-refractivity contribution in [2.24, 2.45) is 0 Å². The van der Waals surface area contributed by atoms with Crippen molar-refractivity contribution in [3.05, 3.63) is 66.2 Å². The highest BCUT2D eigenvalue weighted by Crippen LogP contribution is 2.34. The highest BCUT2D eigenvalue weighted by Gasteiger charge is 2.33. The highest BCUT2D eigenvalue weighted by molar-refractivity contribution is 5.93. The number of amides is 1. The van der Waals surface area contributed by atoms with E-state index < -0.39 is 0 Å². The third kappa shape index (κ3) is 5.05. The fourth-order valence-electron chi connectivity index (χ4n) is 5.13. The summed E-state index contributed by atoms with van der Waals surface area (Å²) in [5.74, 6) is 1.98. The fraction of sp³-hybridized carbons (Fsp3) is 0.357. The summed E-state index contributed by atoms with van der Waals surface area (Å²) in [5.41, 5.74) is 4.44. The van der Waals surface area contributed by atoms with E-state index in [4.69, 9.17) is 9.47 Å². The molecule has 0 saturated carbocycles. The van der Waals surface area contributed by atoms with Crippen molar-refractivity contribution >= 4 is 23.1 Å². The summed E-state index contributed by atoms with van der Waals surface area (Å²) in [5, 5.41) is 11.5. The van der Waals surface area contributed by atoms with Gasteiger partial charge in [-0.05, 0) is 42.8 Å². The van der Waals surface area contributed by atoms with E-state index in [1.54, 1.807) is 32.4 Å². The fourth-order valence-corrected chi connectivity index (χ4v) is 5.13. The molecule has 38 heavy (non-hydrogen) atoms. The Labute approximate surface area is 221 Å². The van der Waals surface area contributed by atoms with Crippen molar-refractivity contribution < 1.29 is 14.3 Å². The average Bonchev–Trinajstić information content (AvgIpc) is 3.31. The van der Waals surface area contributed by atoms with Crippen LogP contribution in [0.2, 0.25) is 0 Å². The zero-order valence-electron chi connectivity index (χ0n) is 21.7. The lowest BCUT2D eigenvalue weighted by Crippen LogP contribution is -2.56. The summed E-state index contributed by atoms with van der Waals surface area (Å²) in [4.78, 5) is 22.5. The van der Waals surface area contributed by atoms with E-state index in [1.807, 2.05) is 36.0 Å². The Kier molecular flexibility index (Phi) is 6.42. The Bertz CT molecular complexity index is 1460. The van der Waals surface area contributed by atoms with Crippen LogP contribution in [0.5, 0.6) is 5.75 Å². The summed E-state index contributed by atoms with van der Waals surface area (Å²) in [6.45, 7) is 3.46. The molecule has 1 amide bonds. The second-order valence-corrected chi connectivity index (χ2v) is 10.2. The van der Waals surface area contributed by atoms with Crippen molar-refractivity contribution in [2.45, 2.75) is 38.0 Å². The smallest absolute Gasteiger partial charge is 0.254 e. The third-order valence-corrected chi connectivity index (χ3v) is 6.95. The molecule has 10 heteroatoms. The molecule has 2 aliphatic heterocycles. The van der Waals surface area contributed by atoms with Crippen LogP contribution >= 0.6 is 0 Å². The summed E-state index contributed by atoms with van der Waals surface area (Å²) in [7, 11) is 3.44. The number of piperidine rings is 1. The maximum Gasteiger partial charge on any atom is 0.254 e. The summed E-state index contributed by atoms with van der Waals surface area (Å²) in [6, 6.07) is 12.4. The van der Waals surface area contributed by atoms with E-state index in [0.717, 1.165) is 54.1 Å². The van der Waals surface area contributed by atoms with Crippen molar-refractivity contribution in [3.8, 4) is 16.9 Å². The maximum atomic E-state index is 12.1. The molecule has 6 rings (SSSR count).